The molecule has 3 nitrogen and oxygen atoms in total. The van der Waals surface area contributed by atoms with Gasteiger partial charge in [-0.3, -0.25) is 0 Å². The van der Waals surface area contributed by atoms with Crippen molar-refractivity contribution >= 4 is 18.5 Å². The second kappa shape index (κ2) is 7.32. The van der Waals surface area contributed by atoms with Crippen LogP contribution in [-0.4, -0.2) is 19.3 Å². The van der Waals surface area contributed by atoms with E-state index in [1.54, 1.807) is 12.2 Å². The van der Waals surface area contributed by atoms with Crippen LogP contribution in [0.25, 0.3) is 0 Å². The summed E-state index contributed by atoms with van der Waals surface area (Å²) in [4.78, 5) is 0. The van der Waals surface area contributed by atoms with Crippen LogP contribution in [0.3, 0.4) is 0 Å². The first-order chi connectivity index (χ1) is 6.54. The Morgan fingerprint density at radius 1 is 1.21 bits per heavy atom. The summed E-state index contributed by atoms with van der Waals surface area (Å²) in [6, 6.07) is 0. The Hall–Kier alpha value is 0.01000. The smallest absolute Gasteiger partial charge is 0.306 e. The molecule has 0 atom stereocenters. The molecule has 0 aliphatic carbocycles. The first-order valence-corrected chi connectivity index (χ1v) is 6.89. The van der Waals surface area contributed by atoms with E-state index in [0.717, 1.165) is 0 Å². The van der Waals surface area contributed by atoms with Gasteiger partial charge in [-0.2, -0.15) is 0 Å². The Balaban J connectivity index is 4.24. The van der Waals surface area contributed by atoms with E-state index in [2.05, 4.69) is 13.2 Å². The van der Waals surface area contributed by atoms with Crippen LogP contribution in [0, 0.1) is 0 Å². The highest BCUT2D eigenvalue weighted by atomic mass is 32.5. The van der Waals surface area contributed by atoms with Crippen LogP contribution in [-0.2, 0) is 25.4 Å². The molecule has 0 bridgehead atoms. The molecule has 0 unspecified atom stereocenters. The average Bonchev–Trinajstić information content (AvgIpc) is 2.11. The molecule has 0 fully saturated rings. The molecule has 0 amide bonds. The predicted molar refractivity (Wildman–Crippen MR) is 62.8 cm³/mol. The van der Waals surface area contributed by atoms with Crippen molar-refractivity contribution in [3.05, 3.63) is 25.3 Å². The fourth-order valence-electron chi connectivity index (χ4n) is 0.644. The molecule has 0 saturated heterocycles. The summed E-state index contributed by atoms with van der Waals surface area (Å²) < 4.78 is 16.0. The zero-order chi connectivity index (χ0) is 11.0. The molecule has 0 aromatic rings. The van der Waals surface area contributed by atoms with Gasteiger partial charge in [0.1, 0.15) is 0 Å². The summed E-state index contributed by atoms with van der Waals surface area (Å²) >= 11 is 5.16. The number of hydrogen-bond donors (Lipinski definition) is 0. The minimum absolute atomic E-state index is 0.0181. The molecule has 0 aromatic carbocycles. The van der Waals surface area contributed by atoms with Gasteiger partial charge in [0.25, 0.3) is 0 Å². The zero-order valence-corrected chi connectivity index (χ0v) is 10.4. The number of rotatable bonds is 8. The monoisotopic (exact) mass is 236 g/mol. The van der Waals surface area contributed by atoms with Crippen LogP contribution in [0.1, 0.15) is 13.8 Å². The van der Waals surface area contributed by atoms with E-state index in [9.17, 15) is 0 Å². The third kappa shape index (κ3) is 6.46. The van der Waals surface area contributed by atoms with E-state index < -0.39 is 6.72 Å². The van der Waals surface area contributed by atoms with Gasteiger partial charge in [0, 0.05) is 0 Å². The second-order valence-corrected chi connectivity index (χ2v) is 5.73. The van der Waals surface area contributed by atoms with Crippen LogP contribution in [0.5, 0.6) is 0 Å². The van der Waals surface area contributed by atoms with Gasteiger partial charge in [0.15, 0.2) is 0 Å². The Kier molecular flexibility index (Phi) is 7.33. The molecule has 0 rings (SSSR count). The second-order valence-electron chi connectivity index (χ2n) is 2.77. The molecule has 0 heterocycles. The zero-order valence-electron chi connectivity index (χ0n) is 8.64. The Morgan fingerprint density at radius 3 is 1.93 bits per heavy atom. The molecule has 14 heavy (non-hydrogen) atoms. The maximum Gasteiger partial charge on any atom is 0.328 e. The molecule has 0 aliphatic rings. The molecular formula is C9H17O3PS. The molecular weight excluding hydrogens is 219 g/mol. The summed E-state index contributed by atoms with van der Waals surface area (Å²) in [7, 11) is 0. The van der Waals surface area contributed by atoms with Gasteiger partial charge >= 0.3 is 6.72 Å². The maximum absolute atomic E-state index is 5.43. The first kappa shape index (κ1) is 14.0. The van der Waals surface area contributed by atoms with Crippen LogP contribution in [0.2, 0.25) is 0 Å². The molecule has 0 spiro atoms. The molecule has 5 heteroatoms. The van der Waals surface area contributed by atoms with E-state index in [0.29, 0.717) is 13.2 Å². The summed E-state index contributed by atoms with van der Waals surface area (Å²) in [5.74, 6) is 0. The van der Waals surface area contributed by atoms with Crippen molar-refractivity contribution in [2.45, 2.75) is 20.0 Å². The lowest BCUT2D eigenvalue weighted by atomic mass is 10.5. The highest BCUT2D eigenvalue weighted by Crippen LogP contribution is 2.50. The SMILES string of the molecule is C=CCOP(=S)(OCC=C)OC(C)C. The highest BCUT2D eigenvalue weighted by Gasteiger charge is 2.21. The van der Waals surface area contributed by atoms with Crippen molar-refractivity contribution in [1.29, 1.82) is 0 Å². The Morgan fingerprint density at radius 2 is 1.64 bits per heavy atom. The molecule has 82 valence electrons. The largest absolute Gasteiger partial charge is 0.328 e. The van der Waals surface area contributed by atoms with E-state index in [1.165, 1.54) is 0 Å². The molecule has 0 radical (unpaired) electrons. The van der Waals surface area contributed by atoms with Crippen LogP contribution < -0.4 is 0 Å². The van der Waals surface area contributed by atoms with Gasteiger partial charge in [-0.25, -0.2) is 0 Å². The van der Waals surface area contributed by atoms with Gasteiger partial charge in [-0.1, -0.05) is 12.2 Å². The van der Waals surface area contributed by atoms with Gasteiger partial charge in [-0.05, 0) is 25.7 Å². The van der Waals surface area contributed by atoms with E-state index in [4.69, 9.17) is 25.4 Å². The van der Waals surface area contributed by atoms with E-state index in [-0.39, 0.29) is 6.10 Å². The first-order valence-electron chi connectivity index (χ1n) is 4.33. The third-order valence-corrected chi connectivity index (χ3v) is 3.54. The molecule has 0 N–H and O–H groups in total. The highest BCUT2D eigenvalue weighted by molar-refractivity contribution is 8.07. The minimum Gasteiger partial charge on any atom is -0.306 e. The summed E-state index contributed by atoms with van der Waals surface area (Å²) in [5, 5.41) is 0. The molecule has 0 aromatic heterocycles. The van der Waals surface area contributed by atoms with E-state index in [1.807, 2.05) is 13.8 Å². The summed E-state index contributed by atoms with van der Waals surface area (Å²) in [6.45, 7) is 8.90. The lowest BCUT2D eigenvalue weighted by Gasteiger charge is -2.22. The lowest BCUT2D eigenvalue weighted by molar-refractivity contribution is 0.146. The Bertz CT molecular complexity index is 212. The van der Waals surface area contributed by atoms with Crippen molar-refractivity contribution in [1.82, 2.24) is 0 Å². The van der Waals surface area contributed by atoms with Crippen LogP contribution in [0.15, 0.2) is 25.3 Å². The third-order valence-electron chi connectivity index (χ3n) is 1.04. The molecule has 0 aliphatic heterocycles. The fourth-order valence-corrected chi connectivity index (χ4v) is 2.81. The normalized spacial score (nSPS) is 11.6. The number of hydrogen-bond acceptors (Lipinski definition) is 4. The van der Waals surface area contributed by atoms with Crippen molar-refractivity contribution in [3.8, 4) is 0 Å². The summed E-state index contributed by atoms with van der Waals surface area (Å²) in [5.41, 5.74) is 0. The van der Waals surface area contributed by atoms with Crippen molar-refractivity contribution in [3.63, 3.8) is 0 Å². The van der Waals surface area contributed by atoms with Gasteiger partial charge in [0.05, 0.1) is 19.3 Å². The quantitative estimate of drug-likeness (QED) is 0.478. The lowest BCUT2D eigenvalue weighted by Crippen LogP contribution is -2.06. The van der Waals surface area contributed by atoms with Crippen LogP contribution >= 0.6 is 6.72 Å². The van der Waals surface area contributed by atoms with Gasteiger partial charge < -0.3 is 13.6 Å². The van der Waals surface area contributed by atoms with Gasteiger partial charge in [0.2, 0.25) is 0 Å². The maximum atomic E-state index is 5.43. The molecule has 0 saturated carbocycles. The van der Waals surface area contributed by atoms with Crippen molar-refractivity contribution in [2.24, 2.45) is 0 Å². The van der Waals surface area contributed by atoms with Crippen molar-refractivity contribution < 1.29 is 13.6 Å². The van der Waals surface area contributed by atoms with E-state index >= 15 is 0 Å². The fraction of sp³-hybridized carbons (Fsp3) is 0.556. The summed E-state index contributed by atoms with van der Waals surface area (Å²) in [6.07, 6.45) is 3.21. The van der Waals surface area contributed by atoms with Gasteiger partial charge in [-0.15, -0.1) is 13.2 Å². The predicted octanol–water partition coefficient (Wildman–Crippen LogP) is 3.04. The standard InChI is InChI=1S/C9H17O3PS/c1-5-7-10-13(14,11-8-6-2)12-9(3)4/h5-6,9H,1-2,7-8H2,3-4H3. The average molecular weight is 236 g/mol. The van der Waals surface area contributed by atoms with Crippen LogP contribution in [0.4, 0.5) is 0 Å². The topological polar surface area (TPSA) is 27.7 Å². The minimum atomic E-state index is -2.62. The Labute approximate surface area is 91.0 Å². The van der Waals surface area contributed by atoms with Crippen molar-refractivity contribution in [2.75, 3.05) is 13.2 Å².